The van der Waals surface area contributed by atoms with Gasteiger partial charge in [0, 0.05) is 12.6 Å². The van der Waals surface area contributed by atoms with E-state index in [0.717, 1.165) is 25.9 Å². The molecule has 1 aliphatic rings. The van der Waals surface area contributed by atoms with E-state index < -0.39 is 16.0 Å². The van der Waals surface area contributed by atoms with Crippen LogP contribution in [0.25, 0.3) is 0 Å². The van der Waals surface area contributed by atoms with Gasteiger partial charge in [0.05, 0.1) is 17.6 Å². The van der Waals surface area contributed by atoms with Crippen molar-refractivity contribution < 1.29 is 17.9 Å². The molecule has 0 aromatic heterocycles. The van der Waals surface area contributed by atoms with Crippen LogP contribution in [-0.2, 0) is 14.8 Å². The Hall–Kier alpha value is -1.44. The lowest BCUT2D eigenvalue weighted by Crippen LogP contribution is -2.40. The maximum absolute atomic E-state index is 12.6. The zero-order chi connectivity index (χ0) is 17.0. The summed E-state index contributed by atoms with van der Waals surface area (Å²) in [6.07, 6.45) is 2.33. The standard InChI is InChI=1S/C16H24N2O4S/c1-12-6-7-14(16(19)22-3)10-15(12)23(20,21)17-11-13(2)18-8-4-5-9-18/h6-7,10,13,17H,4-5,8-9,11H2,1-3H3/t13-/m1/s1. The Morgan fingerprint density at radius 2 is 2.00 bits per heavy atom. The number of carbonyl (C=O) groups is 1. The average Bonchev–Trinajstić information content (AvgIpc) is 3.06. The summed E-state index contributed by atoms with van der Waals surface area (Å²) in [4.78, 5) is 14.0. The predicted octanol–water partition coefficient (Wildman–Crippen LogP) is 1.54. The number of ether oxygens (including phenoxy) is 1. The molecule has 0 unspecified atom stereocenters. The number of hydrogen-bond acceptors (Lipinski definition) is 5. The van der Waals surface area contributed by atoms with Gasteiger partial charge in [-0.2, -0.15) is 0 Å². The molecule has 1 aromatic rings. The van der Waals surface area contributed by atoms with Crippen molar-refractivity contribution in [1.82, 2.24) is 9.62 Å². The van der Waals surface area contributed by atoms with Crippen molar-refractivity contribution >= 4 is 16.0 Å². The van der Waals surface area contributed by atoms with Crippen LogP contribution >= 0.6 is 0 Å². The molecule has 1 saturated heterocycles. The molecule has 0 bridgehead atoms. The number of methoxy groups -OCH3 is 1. The maximum atomic E-state index is 12.6. The van der Waals surface area contributed by atoms with Crippen molar-refractivity contribution in [2.75, 3.05) is 26.7 Å². The maximum Gasteiger partial charge on any atom is 0.337 e. The number of sulfonamides is 1. The van der Waals surface area contributed by atoms with E-state index in [1.54, 1.807) is 19.1 Å². The molecule has 0 amide bonds. The van der Waals surface area contributed by atoms with Crippen LogP contribution in [0.4, 0.5) is 0 Å². The van der Waals surface area contributed by atoms with Gasteiger partial charge in [0.2, 0.25) is 10.0 Å². The van der Waals surface area contributed by atoms with E-state index in [-0.39, 0.29) is 16.5 Å². The normalized spacial score (nSPS) is 17.2. The molecule has 128 valence electrons. The highest BCUT2D eigenvalue weighted by atomic mass is 32.2. The van der Waals surface area contributed by atoms with E-state index in [9.17, 15) is 13.2 Å². The van der Waals surface area contributed by atoms with E-state index in [1.807, 2.05) is 6.92 Å². The summed E-state index contributed by atoms with van der Waals surface area (Å²) < 4.78 is 32.4. The zero-order valence-corrected chi connectivity index (χ0v) is 14.6. The Balaban J connectivity index is 2.13. The second-order valence-corrected chi connectivity index (χ2v) is 7.65. The lowest BCUT2D eigenvalue weighted by molar-refractivity contribution is 0.0600. The largest absolute Gasteiger partial charge is 0.465 e. The van der Waals surface area contributed by atoms with E-state index in [2.05, 4.69) is 14.4 Å². The fourth-order valence-electron chi connectivity index (χ4n) is 2.75. The Morgan fingerprint density at radius 3 is 2.61 bits per heavy atom. The number of rotatable bonds is 6. The lowest BCUT2D eigenvalue weighted by Gasteiger charge is -2.24. The second kappa shape index (κ2) is 7.42. The first kappa shape index (κ1) is 17.9. The summed E-state index contributed by atoms with van der Waals surface area (Å²) >= 11 is 0. The molecular formula is C16H24N2O4S. The Morgan fingerprint density at radius 1 is 1.35 bits per heavy atom. The van der Waals surface area contributed by atoms with Gasteiger partial charge in [-0.1, -0.05) is 6.07 Å². The number of hydrogen-bond donors (Lipinski definition) is 1. The fourth-order valence-corrected chi connectivity index (χ4v) is 4.14. The third-order valence-electron chi connectivity index (χ3n) is 4.23. The SMILES string of the molecule is COC(=O)c1ccc(C)c(S(=O)(=O)NC[C@@H](C)N2CCCC2)c1. The second-order valence-electron chi connectivity index (χ2n) is 5.92. The summed E-state index contributed by atoms with van der Waals surface area (Å²) in [6.45, 7) is 6.11. The molecule has 1 aliphatic heterocycles. The van der Waals surface area contributed by atoms with Crippen molar-refractivity contribution in [1.29, 1.82) is 0 Å². The minimum absolute atomic E-state index is 0.119. The Labute approximate surface area is 137 Å². The smallest absolute Gasteiger partial charge is 0.337 e. The van der Waals surface area contributed by atoms with Gasteiger partial charge in [-0.3, -0.25) is 4.90 Å². The van der Waals surface area contributed by atoms with Crippen LogP contribution in [0.3, 0.4) is 0 Å². The summed E-state index contributed by atoms with van der Waals surface area (Å²) in [5.74, 6) is -0.549. The summed E-state index contributed by atoms with van der Waals surface area (Å²) in [6, 6.07) is 4.69. The first-order chi connectivity index (χ1) is 10.8. The monoisotopic (exact) mass is 340 g/mol. The van der Waals surface area contributed by atoms with E-state index in [4.69, 9.17) is 0 Å². The van der Waals surface area contributed by atoms with Crippen molar-refractivity contribution in [2.45, 2.75) is 37.6 Å². The first-order valence-corrected chi connectivity index (χ1v) is 9.26. The molecule has 0 radical (unpaired) electrons. The average molecular weight is 340 g/mol. The molecular weight excluding hydrogens is 316 g/mol. The molecule has 0 spiro atoms. The highest BCUT2D eigenvalue weighted by molar-refractivity contribution is 7.89. The van der Waals surface area contributed by atoms with Crippen LogP contribution in [0, 0.1) is 6.92 Å². The van der Waals surface area contributed by atoms with E-state index in [1.165, 1.54) is 13.2 Å². The van der Waals surface area contributed by atoms with Crippen molar-refractivity contribution in [3.05, 3.63) is 29.3 Å². The Bertz CT molecular complexity index is 667. The van der Waals surface area contributed by atoms with E-state index >= 15 is 0 Å². The van der Waals surface area contributed by atoms with Crippen LogP contribution in [0.2, 0.25) is 0 Å². The van der Waals surface area contributed by atoms with Gasteiger partial charge in [0.1, 0.15) is 0 Å². The number of carbonyl (C=O) groups excluding carboxylic acids is 1. The van der Waals surface area contributed by atoms with Gasteiger partial charge in [0.15, 0.2) is 0 Å². The predicted molar refractivity (Wildman–Crippen MR) is 88.0 cm³/mol. The number of benzene rings is 1. The summed E-state index contributed by atoms with van der Waals surface area (Å²) in [5, 5.41) is 0. The van der Waals surface area contributed by atoms with Gasteiger partial charge < -0.3 is 4.74 Å². The van der Waals surface area contributed by atoms with Gasteiger partial charge in [0.25, 0.3) is 0 Å². The van der Waals surface area contributed by atoms with Gasteiger partial charge in [-0.15, -0.1) is 0 Å². The number of nitrogens with one attached hydrogen (secondary N) is 1. The van der Waals surface area contributed by atoms with Gasteiger partial charge in [-0.25, -0.2) is 17.9 Å². The molecule has 6 nitrogen and oxygen atoms in total. The number of nitrogens with zero attached hydrogens (tertiary/aromatic N) is 1. The number of likely N-dealkylation sites (tertiary alicyclic amines) is 1. The van der Waals surface area contributed by atoms with Crippen molar-refractivity contribution in [3.8, 4) is 0 Å². The molecule has 2 rings (SSSR count). The van der Waals surface area contributed by atoms with Gasteiger partial charge >= 0.3 is 5.97 Å². The van der Waals surface area contributed by atoms with Gasteiger partial charge in [-0.05, 0) is 57.5 Å². The molecule has 1 heterocycles. The highest BCUT2D eigenvalue weighted by Gasteiger charge is 2.23. The van der Waals surface area contributed by atoms with Crippen LogP contribution in [0.15, 0.2) is 23.1 Å². The topological polar surface area (TPSA) is 75.7 Å². The molecule has 23 heavy (non-hydrogen) atoms. The quantitative estimate of drug-likeness (QED) is 0.795. The van der Waals surface area contributed by atoms with Crippen LogP contribution in [0.5, 0.6) is 0 Å². The van der Waals surface area contributed by atoms with Crippen LogP contribution in [0.1, 0.15) is 35.7 Å². The van der Waals surface area contributed by atoms with Crippen molar-refractivity contribution in [3.63, 3.8) is 0 Å². The van der Waals surface area contributed by atoms with E-state index in [0.29, 0.717) is 12.1 Å². The molecule has 0 saturated carbocycles. The zero-order valence-electron chi connectivity index (χ0n) is 13.8. The highest BCUT2D eigenvalue weighted by Crippen LogP contribution is 2.18. The van der Waals surface area contributed by atoms with Crippen LogP contribution in [-0.4, -0.2) is 52.1 Å². The lowest BCUT2D eigenvalue weighted by atomic mass is 10.1. The summed E-state index contributed by atoms with van der Waals surface area (Å²) in [7, 11) is -2.39. The molecule has 0 aliphatic carbocycles. The third kappa shape index (κ3) is 4.31. The molecule has 1 N–H and O–H groups in total. The molecule has 1 fully saturated rings. The molecule has 1 atom stereocenters. The minimum Gasteiger partial charge on any atom is -0.465 e. The van der Waals surface area contributed by atoms with Crippen molar-refractivity contribution in [2.24, 2.45) is 0 Å². The number of esters is 1. The first-order valence-electron chi connectivity index (χ1n) is 7.78. The number of aryl methyl sites for hydroxylation is 1. The fraction of sp³-hybridized carbons (Fsp3) is 0.562. The third-order valence-corrected chi connectivity index (χ3v) is 5.80. The summed E-state index contributed by atoms with van der Waals surface area (Å²) in [5.41, 5.74) is 0.824. The minimum atomic E-state index is -3.66. The Kier molecular flexibility index (Phi) is 5.78. The van der Waals surface area contributed by atoms with Crippen LogP contribution < -0.4 is 4.72 Å². The molecule has 7 heteroatoms. The molecule has 1 aromatic carbocycles.